The number of hydrogen-bond donors (Lipinski definition) is 2. The van der Waals surface area contributed by atoms with Crippen LogP contribution in [0.5, 0.6) is 0 Å². The molecule has 1 atom stereocenters. The maximum Gasteiger partial charge on any atom is 0.244 e. The van der Waals surface area contributed by atoms with Gasteiger partial charge >= 0.3 is 0 Å². The predicted molar refractivity (Wildman–Crippen MR) is 74.6 cm³/mol. The number of nitrogens with one attached hydrogen (secondary N) is 1. The van der Waals surface area contributed by atoms with E-state index < -0.39 is 10.0 Å². The molecule has 0 saturated carbocycles. The average Bonchev–Trinajstić information content (AvgIpc) is 2.78. The van der Waals surface area contributed by atoms with Crippen LogP contribution in [-0.2, 0) is 10.0 Å². The molecular formula is C11H17N3O2S2. The Morgan fingerprint density at radius 1 is 1.56 bits per heavy atom. The van der Waals surface area contributed by atoms with E-state index in [1.165, 1.54) is 10.5 Å². The lowest BCUT2D eigenvalue weighted by molar-refractivity contribution is 0.478. The van der Waals surface area contributed by atoms with Gasteiger partial charge in [0.05, 0.1) is 0 Å². The molecular weight excluding hydrogens is 270 g/mol. The fraction of sp³-hybridized carbons (Fsp3) is 0.545. The van der Waals surface area contributed by atoms with Crippen LogP contribution in [0.2, 0.25) is 0 Å². The SMILES string of the molecule is CCNc1ccc(S(=O)(=O)N2CCC(S)C2)cn1. The maximum absolute atomic E-state index is 12.3. The average molecular weight is 287 g/mol. The minimum absolute atomic E-state index is 0.133. The molecule has 1 unspecified atom stereocenters. The fourth-order valence-corrected chi connectivity index (χ4v) is 3.77. The Labute approximate surface area is 113 Å². The summed E-state index contributed by atoms with van der Waals surface area (Å²) in [6.45, 7) is 3.72. The first-order valence-corrected chi connectivity index (χ1v) is 7.88. The summed E-state index contributed by atoms with van der Waals surface area (Å²) >= 11 is 4.31. The van der Waals surface area contributed by atoms with Crippen LogP contribution < -0.4 is 5.32 Å². The molecule has 1 aliphatic heterocycles. The van der Waals surface area contributed by atoms with E-state index in [1.807, 2.05) is 6.92 Å². The molecule has 2 heterocycles. The van der Waals surface area contributed by atoms with Gasteiger partial charge in [0.1, 0.15) is 10.7 Å². The second-order valence-electron chi connectivity index (χ2n) is 4.22. The Kier molecular flexibility index (Phi) is 4.14. The zero-order valence-electron chi connectivity index (χ0n) is 10.2. The van der Waals surface area contributed by atoms with Gasteiger partial charge in [-0.2, -0.15) is 16.9 Å². The van der Waals surface area contributed by atoms with E-state index in [4.69, 9.17) is 0 Å². The third-order valence-corrected chi connectivity index (χ3v) is 5.13. The molecule has 0 aliphatic carbocycles. The highest BCUT2D eigenvalue weighted by atomic mass is 32.2. The smallest absolute Gasteiger partial charge is 0.244 e. The van der Waals surface area contributed by atoms with E-state index in [-0.39, 0.29) is 10.1 Å². The summed E-state index contributed by atoms with van der Waals surface area (Å²) in [5.41, 5.74) is 0. The van der Waals surface area contributed by atoms with Crippen LogP contribution in [-0.4, -0.2) is 42.6 Å². The molecule has 0 bridgehead atoms. The molecule has 1 aromatic heterocycles. The first kappa shape index (κ1) is 13.6. The van der Waals surface area contributed by atoms with Crippen molar-refractivity contribution in [3.8, 4) is 0 Å². The largest absolute Gasteiger partial charge is 0.370 e. The van der Waals surface area contributed by atoms with Crippen molar-refractivity contribution in [1.82, 2.24) is 9.29 Å². The predicted octanol–water partition coefficient (Wildman–Crippen LogP) is 1.21. The van der Waals surface area contributed by atoms with Gasteiger partial charge in [-0.05, 0) is 25.5 Å². The molecule has 1 aromatic rings. The Morgan fingerprint density at radius 3 is 2.83 bits per heavy atom. The lowest BCUT2D eigenvalue weighted by Gasteiger charge is -2.15. The number of hydrogen-bond acceptors (Lipinski definition) is 5. The molecule has 1 fully saturated rings. The van der Waals surface area contributed by atoms with Crippen LogP contribution in [0.15, 0.2) is 23.2 Å². The standard InChI is InChI=1S/C11H17N3O2S2/c1-2-12-11-4-3-10(7-13-11)18(15,16)14-6-5-9(17)8-14/h3-4,7,9,17H,2,5-6,8H2,1H3,(H,12,13). The van der Waals surface area contributed by atoms with Gasteiger partial charge in [-0.15, -0.1) is 0 Å². The zero-order chi connectivity index (χ0) is 13.2. The van der Waals surface area contributed by atoms with E-state index >= 15 is 0 Å². The van der Waals surface area contributed by atoms with E-state index in [2.05, 4.69) is 22.9 Å². The van der Waals surface area contributed by atoms with Crippen molar-refractivity contribution >= 4 is 28.5 Å². The summed E-state index contributed by atoms with van der Waals surface area (Å²) in [6, 6.07) is 3.27. The third-order valence-electron chi connectivity index (χ3n) is 2.86. The first-order chi connectivity index (χ1) is 8.54. The number of thiol groups is 1. The van der Waals surface area contributed by atoms with Crippen molar-refractivity contribution in [2.24, 2.45) is 0 Å². The molecule has 0 radical (unpaired) electrons. The first-order valence-electron chi connectivity index (χ1n) is 5.92. The fourth-order valence-electron chi connectivity index (χ4n) is 1.90. The highest BCUT2D eigenvalue weighted by Gasteiger charge is 2.31. The minimum Gasteiger partial charge on any atom is -0.370 e. The van der Waals surface area contributed by atoms with E-state index in [0.717, 1.165) is 13.0 Å². The summed E-state index contributed by atoms with van der Waals surface area (Å²) in [6.07, 6.45) is 2.20. The zero-order valence-corrected chi connectivity index (χ0v) is 11.9. The number of anilines is 1. The number of sulfonamides is 1. The van der Waals surface area contributed by atoms with Gasteiger partial charge in [0.2, 0.25) is 10.0 Å². The number of aromatic nitrogens is 1. The van der Waals surface area contributed by atoms with Crippen molar-refractivity contribution < 1.29 is 8.42 Å². The third kappa shape index (κ3) is 2.78. The highest BCUT2D eigenvalue weighted by Crippen LogP contribution is 2.23. The van der Waals surface area contributed by atoms with E-state index in [1.54, 1.807) is 12.1 Å². The normalized spacial score (nSPS) is 21.1. The second-order valence-corrected chi connectivity index (χ2v) is 6.88. The highest BCUT2D eigenvalue weighted by molar-refractivity contribution is 7.89. The monoisotopic (exact) mass is 287 g/mol. The number of nitrogens with zero attached hydrogens (tertiary/aromatic N) is 2. The lowest BCUT2D eigenvalue weighted by Crippen LogP contribution is -2.29. The Balaban J connectivity index is 2.19. The second kappa shape index (κ2) is 5.46. The topological polar surface area (TPSA) is 62.3 Å². The van der Waals surface area contributed by atoms with Gasteiger partial charge in [-0.3, -0.25) is 0 Å². The summed E-state index contributed by atoms with van der Waals surface area (Å²) in [5, 5.41) is 3.16. The Bertz CT molecular complexity index is 502. The molecule has 1 aliphatic rings. The molecule has 2 rings (SSSR count). The van der Waals surface area contributed by atoms with Crippen LogP contribution >= 0.6 is 12.6 Å². The summed E-state index contributed by atoms with van der Waals surface area (Å²) in [5.74, 6) is 0.685. The van der Waals surface area contributed by atoms with Crippen LogP contribution in [0.1, 0.15) is 13.3 Å². The van der Waals surface area contributed by atoms with Crippen molar-refractivity contribution in [3.63, 3.8) is 0 Å². The molecule has 0 amide bonds. The molecule has 18 heavy (non-hydrogen) atoms. The number of pyridine rings is 1. The van der Waals surface area contributed by atoms with Crippen LogP contribution in [0.25, 0.3) is 0 Å². The summed E-state index contributed by atoms with van der Waals surface area (Å²) in [4.78, 5) is 4.33. The lowest BCUT2D eigenvalue weighted by atomic mass is 10.4. The van der Waals surface area contributed by atoms with Gasteiger partial charge in [0, 0.05) is 31.1 Å². The van der Waals surface area contributed by atoms with Crippen LogP contribution in [0.4, 0.5) is 5.82 Å². The van der Waals surface area contributed by atoms with Crippen molar-refractivity contribution in [2.45, 2.75) is 23.5 Å². The quantitative estimate of drug-likeness (QED) is 0.817. The molecule has 1 N–H and O–H groups in total. The summed E-state index contributed by atoms with van der Waals surface area (Å²) in [7, 11) is -3.41. The van der Waals surface area contributed by atoms with Gasteiger partial charge in [0.15, 0.2) is 0 Å². The summed E-state index contributed by atoms with van der Waals surface area (Å²) < 4.78 is 26.0. The van der Waals surface area contributed by atoms with Crippen molar-refractivity contribution in [1.29, 1.82) is 0 Å². The molecule has 7 heteroatoms. The van der Waals surface area contributed by atoms with Crippen LogP contribution in [0, 0.1) is 0 Å². The molecule has 0 spiro atoms. The molecule has 1 saturated heterocycles. The Hall–Kier alpha value is -0.790. The van der Waals surface area contributed by atoms with E-state index in [0.29, 0.717) is 18.9 Å². The van der Waals surface area contributed by atoms with Gasteiger partial charge in [-0.1, -0.05) is 0 Å². The van der Waals surface area contributed by atoms with Gasteiger partial charge in [-0.25, -0.2) is 13.4 Å². The van der Waals surface area contributed by atoms with Crippen molar-refractivity contribution in [2.75, 3.05) is 25.0 Å². The van der Waals surface area contributed by atoms with Gasteiger partial charge < -0.3 is 5.32 Å². The molecule has 100 valence electrons. The minimum atomic E-state index is -3.41. The number of rotatable bonds is 4. The van der Waals surface area contributed by atoms with Crippen LogP contribution in [0.3, 0.4) is 0 Å². The Morgan fingerprint density at radius 2 is 2.33 bits per heavy atom. The molecule has 5 nitrogen and oxygen atoms in total. The van der Waals surface area contributed by atoms with Gasteiger partial charge in [0.25, 0.3) is 0 Å². The van der Waals surface area contributed by atoms with E-state index in [9.17, 15) is 8.42 Å². The maximum atomic E-state index is 12.3. The van der Waals surface area contributed by atoms with Crippen molar-refractivity contribution in [3.05, 3.63) is 18.3 Å². The molecule has 0 aromatic carbocycles.